The highest BCUT2D eigenvalue weighted by atomic mass is 19.4. The summed E-state index contributed by atoms with van der Waals surface area (Å²) in [6, 6.07) is -0.394. The van der Waals surface area contributed by atoms with E-state index in [9.17, 15) is 22.8 Å². The molecule has 0 aromatic heterocycles. The molecule has 0 aromatic carbocycles. The lowest BCUT2D eigenvalue weighted by Crippen LogP contribution is -2.57. The molecule has 2 saturated heterocycles. The summed E-state index contributed by atoms with van der Waals surface area (Å²) in [4.78, 5) is 28.0. The first-order valence-corrected chi connectivity index (χ1v) is 9.65. The predicted molar refractivity (Wildman–Crippen MR) is 94.2 cm³/mol. The van der Waals surface area contributed by atoms with Crippen LogP contribution in [0, 0.1) is 5.92 Å². The molecule has 2 aliphatic heterocycles. The molecule has 0 aliphatic carbocycles. The molecule has 2 fully saturated rings. The first-order chi connectivity index (χ1) is 12.7. The van der Waals surface area contributed by atoms with Gasteiger partial charge in [0.05, 0.1) is 25.7 Å². The van der Waals surface area contributed by atoms with E-state index >= 15 is 0 Å². The number of amides is 3. The summed E-state index contributed by atoms with van der Waals surface area (Å²) in [7, 11) is 0. The van der Waals surface area contributed by atoms with Gasteiger partial charge in [-0.1, -0.05) is 13.8 Å². The van der Waals surface area contributed by atoms with Crippen LogP contribution in [-0.4, -0.2) is 72.8 Å². The summed E-state index contributed by atoms with van der Waals surface area (Å²) >= 11 is 0. The fraction of sp³-hybridized carbons (Fsp3) is 0.889. The molecule has 2 atom stereocenters. The van der Waals surface area contributed by atoms with Crippen LogP contribution in [0.3, 0.4) is 0 Å². The van der Waals surface area contributed by atoms with Crippen LogP contribution in [0.25, 0.3) is 0 Å². The van der Waals surface area contributed by atoms with Crippen molar-refractivity contribution >= 4 is 11.9 Å². The van der Waals surface area contributed by atoms with Crippen molar-refractivity contribution in [2.45, 2.75) is 64.2 Å². The number of likely N-dealkylation sites (tertiary alicyclic amines) is 1. The van der Waals surface area contributed by atoms with Gasteiger partial charge in [-0.15, -0.1) is 0 Å². The third kappa shape index (κ3) is 7.20. The Hall–Kier alpha value is -1.51. The van der Waals surface area contributed by atoms with E-state index in [4.69, 9.17) is 4.74 Å². The van der Waals surface area contributed by atoms with Crippen LogP contribution in [-0.2, 0) is 9.53 Å². The molecule has 2 rings (SSSR count). The van der Waals surface area contributed by atoms with Crippen LogP contribution >= 0.6 is 0 Å². The maximum Gasteiger partial charge on any atom is 0.389 e. The van der Waals surface area contributed by atoms with Crippen LogP contribution in [0.1, 0.15) is 46.0 Å². The third-order valence-electron chi connectivity index (χ3n) is 4.96. The fourth-order valence-electron chi connectivity index (χ4n) is 3.65. The highest BCUT2D eigenvalue weighted by Crippen LogP contribution is 2.23. The molecule has 2 heterocycles. The van der Waals surface area contributed by atoms with Gasteiger partial charge in [0.15, 0.2) is 0 Å². The first-order valence-electron chi connectivity index (χ1n) is 9.65. The second kappa shape index (κ2) is 9.61. The monoisotopic (exact) mass is 393 g/mol. The number of ether oxygens (including phenoxy) is 1. The van der Waals surface area contributed by atoms with Crippen LogP contribution in [0.15, 0.2) is 0 Å². The molecule has 0 bridgehead atoms. The average molecular weight is 393 g/mol. The largest absolute Gasteiger partial charge is 0.389 e. The van der Waals surface area contributed by atoms with E-state index in [1.807, 2.05) is 0 Å². The summed E-state index contributed by atoms with van der Waals surface area (Å²) in [5, 5.41) is 2.96. The van der Waals surface area contributed by atoms with E-state index in [1.165, 1.54) is 4.90 Å². The molecule has 0 radical (unpaired) electrons. The number of morpholine rings is 1. The van der Waals surface area contributed by atoms with Gasteiger partial charge in [0.1, 0.15) is 0 Å². The van der Waals surface area contributed by atoms with Crippen LogP contribution < -0.4 is 5.32 Å². The minimum absolute atomic E-state index is 0.0202. The smallest absolute Gasteiger partial charge is 0.377 e. The zero-order valence-corrected chi connectivity index (χ0v) is 16.1. The van der Waals surface area contributed by atoms with Gasteiger partial charge in [-0.3, -0.25) is 4.79 Å². The standard InChI is InChI=1S/C18H30F3N3O3/c1-13(2)10-15-12-27-9-8-24(15)17(26)22-14-4-3-7-23(11-14)16(25)5-6-18(19,20)21/h13-15H,3-12H2,1-2H3,(H,22,26)/t14-,15+/m1/s1. The van der Waals surface area contributed by atoms with Gasteiger partial charge >= 0.3 is 12.2 Å². The Morgan fingerprint density at radius 1 is 1.26 bits per heavy atom. The Morgan fingerprint density at radius 3 is 2.67 bits per heavy atom. The summed E-state index contributed by atoms with van der Waals surface area (Å²) in [6.07, 6.45) is -3.75. The molecule has 0 unspecified atom stereocenters. The topological polar surface area (TPSA) is 61.9 Å². The number of carbonyl (C=O) groups is 2. The third-order valence-corrected chi connectivity index (χ3v) is 4.96. The van der Waals surface area contributed by atoms with Crippen molar-refractivity contribution in [2.75, 3.05) is 32.8 Å². The molecule has 0 spiro atoms. The number of urea groups is 1. The average Bonchev–Trinajstić information content (AvgIpc) is 2.59. The number of halogens is 3. The summed E-state index contributed by atoms with van der Waals surface area (Å²) in [5.41, 5.74) is 0. The molecule has 0 saturated carbocycles. The highest BCUT2D eigenvalue weighted by Gasteiger charge is 2.33. The molecule has 6 nitrogen and oxygen atoms in total. The Morgan fingerprint density at radius 2 is 2.00 bits per heavy atom. The maximum atomic E-state index is 12.7. The van der Waals surface area contributed by atoms with Gasteiger partial charge in [-0.05, 0) is 25.2 Å². The highest BCUT2D eigenvalue weighted by molar-refractivity contribution is 5.77. The molecule has 2 aliphatic rings. The number of hydrogen-bond donors (Lipinski definition) is 1. The first kappa shape index (κ1) is 21.8. The Labute approximate surface area is 158 Å². The van der Waals surface area contributed by atoms with Crippen molar-refractivity contribution in [3.63, 3.8) is 0 Å². The summed E-state index contributed by atoms with van der Waals surface area (Å²) < 4.78 is 42.5. The second-order valence-electron chi connectivity index (χ2n) is 7.80. The van der Waals surface area contributed by atoms with Gasteiger partial charge in [-0.25, -0.2) is 4.79 Å². The molecule has 0 aromatic rings. The Kier molecular flexibility index (Phi) is 7.76. The lowest BCUT2D eigenvalue weighted by molar-refractivity contribution is -0.149. The number of piperidine rings is 1. The molecule has 27 heavy (non-hydrogen) atoms. The quantitative estimate of drug-likeness (QED) is 0.781. The number of carbonyl (C=O) groups excluding carboxylic acids is 2. The minimum atomic E-state index is -4.33. The molecule has 1 N–H and O–H groups in total. The lowest BCUT2D eigenvalue weighted by atomic mass is 10.0. The Balaban J connectivity index is 1.86. The van der Waals surface area contributed by atoms with Crippen LogP contribution in [0.5, 0.6) is 0 Å². The van der Waals surface area contributed by atoms with Crippen molar-refractivity contribution in [3.8, 4) is 0 Å². The molecular formula is C18H30F3N3O3. The van der Waals surface area contributed by atoms with E-state index in [1.54, 1.807) is 4.90 Å². The number of nitrogens with zero attached hydrogens (tertiary/aromatic N) is 2. The van der Waals surface area contributed by atoms with E-state index in [0.29, 0.717) is 45.1 Å². The van der Waals surface area contributed by atoms with E-state index in [0.717, 1.165) is 6.42 Å². The van der Waals surface area contributed by atoms with Gasteiger partial charge in [-0.2, -0.15) is 13.2 Å². The number of hydrogen-bond acceptors (Lipinski definition) is 3. The molecule has 9 heteroatoms. The Bertz CT molecular complexity index is 514. The van der Waals surface area contributed by atoms with E-state index in [2.05, 4.69) is 19.2 Å². The number of rotatable bonds is 5. The van der Waals surface area contributed by atoms with Gasteiger partial charge in [0.25, 0.3) is 0 Å². The van der Waals surface area contributed by atoms with Crippen LogP contribution in [0.2, 0.25) is 0 Å². The normalized spacial score (nSPS) is 24.2. The predicted octanol–water partition coefficient (Wildman–Crippen LogP) is 2.78. The zero-order chi connectivity index (χ0) is 20.0. The van der Waals surface area contributed by atoms with Crippen molar-refractivity contribution in [2.24, 2.45) is 5.92 Å². The second-order valence-corrected chi connectivity index (χ2v) is 7.80. The minimum Gasteiger partial charge on any atom is -0.377 e. The van der Waals surface area contributed by atoms with Gasteiger partial charge in [0, 0.05) is 32.1 Å². The van der Waals surface area contributed by atoms with E-state index < -0.39 is 24.9 Å². The van der Waals surface area contributed by atoms with Crippen molar-refractivity contribution in [3.05, 3.63) is 0 Å². The summed E-state index contributed by atoms with van der Waals surface area (Å²) in [6.45, 7) is 6.42. The lowest BCUT2D eigenvalue weighted by Gasteiger charge is -2.39. The molecule has 156 valence electrons. The molecule has 3 amide bonds. The number of alkyl halides is 3. The maximum absolute atomic E-state index is 12.7. The van der Waals surface area contributed by atoms with Gasteiger partial charge < -0.3 is 19.9 Å². The summed E-state index contributed by atoms with van der Waals surface area (Å²) in [5.74, 6) is -0.0706. The van der Waals surface area contributed by atoms with Crippen molar-refractivity contribution in [1.29, 1.82) is 0 Å². The van der Waals surface area contributed by atoms with Gasteiger partial charge in [0.2, 0.25) is 5.91 Å². The zero-order valence-electron chi connectivity index (χ0n) is 16.1. The van der Waals surface area contributed by atoms with E-state index in [-0.39, 0.29) is 24.7 Å². The molecular weight excluding hydrogens is 363 g/mol. The fourth-order valence-corrected chi connectivity index (χ4v) is 3.65. The van der Waals surface area contributed by atoms with Crippen molar-refractivity contribution < 1.29 is 27.5 Å². The SMILES string of the molecule is CC(C)C[C@H]1COCCN1C(=O)N[C@@H]1CCCN(C(=O)CCC(F)(F)F)C1. The van der Waals surface area contributed by atoms with Crippen LogP contribution in [0.4, 0.5) is 18.0 Å². The number of nitrogens with one attached hydrogen (secondary N) is 1. The van der Waals surface area contributed by atoms with Crippen molar-refractivity contribution in [1.82, 2.24) is 15.1 Å².